The fourth-order valence-electron chi connectivity index (χ4n) is 19.2. The highest BCUT2D eigenvalue weighted by Crippen LogP contribution is 2.51. The van der Waals surface area contributed by atoms with Crippen LogP contribution in [0.1, 0.15) is 0 Å². The Morgan fingerprint density at radius 1 is 0.0833 bits per heavy atom. The predicted octanol–water partition coefficient (Wildman–Crippen LogP) is 33.9. The third-order valence-electron chi connectivity index (χ3n) is 24.7. The molecule has 0 aliphatic heterocycles. The molecule has 24 aromatic rings. The lowest BCUT2D eigenvalue weighted by atomic mass is 9.83. The third-order valence-corrected chi connectivity index (χ3v) is 24.7. The maximum atomic E-state index is 2.36. The lowest BCUT2D eigenvalue weighted by Gasteiger charge is -2.20. The van der Waals surface area contributed by atoms with Crippen LogP contribution in [0.25, 0.3) is 229 Å². The minimum atomic E-state index is 1.23. The van der Waals surface area contributed by atoms with E-state index < -0.39 is 0 Å². The zero-order valence-corrected chi connectivity index (χ0v) is 66.0. The minimum Gasteiger partial charge on any atom is -0.0616 e. The van der Waals surface area contributed by atoms with E-state index in [1.165, 1.54) is 229 Å². The van der Waals surface area contributed by atoms with E-state index in [4.69, 9.17) is 0 Å². The van der Waals surface area contributed by atoms with E-state index in [0.29, 0.717) is 0 Å². The second-order valence-corrected chi connectivity index (χ2v) is 31.5. The molecule has 0 amide bonds. The van der Waals surface area contributed by atoms with Crippen molar-refractivity contribution in [2.24, 2.45) is 0 Å². The van der Waals surface area contributed by atoms with Crippen LogP contribution in [0, 0.1) is 0 Å². The maximum absolute atomic E-state index is 2.36. The summed E-state index contributed by atoms with van der Waals surface area (Å²) in [5.74, 6) is 0. The van der Waals surface area contributed by atoms with Crippen molar-refractivity contribution in [3.05, 3.63) is 473 Å². The number of benzene rings is 24. The van der Waals surface area contributed by atoms with E-state index in [2.05, 4.69) is 473 Å². The SMILES string of the molecule is c1cc(-c2ccc3ccccc3c2)cc(-c2c3ccccc3c(-c3cccc4ccccc34)c3ccccc23)c1.c1ccc(-c2c3ccccc3c(-c3cccc4ccccc34)c3ccccc23)c(-c2ccc3ccccc3c2)c1.c1ccc2cc(-c3ccc(-c4c5ccccc5c(-c5cccc6ccccc56)c5ccccc45)cc3)ccc2c1. The molecular weight excluding hydrogens is 1440 g/mol. The van der Waals surface area contributed by atoms with E-state index in [0.717, 1.165) is 0 Å². The fraction of sp³-hybridized carbons (Fsp3) is 0. The Hall–Kier alpha value is -15.6. The molecule has 24 rings (SSSR count). The summed E-state index contributed by atoms with van der Waals surface area (Å²) < 4.78 is 0. The molecule has 0 atom stereocenters. The van der Waals surface area contributed by atoms with Gasteiger partial charge in [0.2, 0.25) is 0 Å². The molecule has 0 radical (unpaired) electrons. The van der Waals surface area contributed by atoms with Crippen LogP contribution in [-0.4, -0.2) is 0 Å². The second-order valence-electron chi connectivity index (χ2n) is 31.5. The standard InChI is InChI=1S/3C40H26/c1-2-13-29-25-31(24-23-27(29)11-1)30-15-9-16-32(26-30)39-35-18-5-7-20-37(35)40(38-21-8-6-19-36(38)39)34-22-10-14-28-12-3-4-17-33(28)34;1-2-12-31-26-32(25-22-27(31)10-1)28-20-23-30(24-21-28)39-35-15-5-7-17-37(35)40(38-18-8-6-16-36(38)39)34-19-9-13-29-11-3-4-14-33(29)34;1-2-14-29-26-30(25-24-27(29)12-1)32-17-5-6-18-33(32)39-35-19-7-9-21-37(35)40(38-22-10-8-20-36(38)39)34-23-11-15-28-13-3-4-16-31(28)34/h3*1-26H. The molecule has 0 saturated heterocycles. The number of hydrogen-bond donors (Lipinski definition) is 0. The Morgan fingerprint density at radius 3 is 0.658 bits per heavy atom. The lowest BCUT2D eigenvalue weighted by molar-refractivity contribution is 1.62. The molecule has 0 nitrogen and oxygen atoms in total. The first-order valence-electron chi connectivity index (χ1n) is 41.6. The van der Waals surface area contributed by atoms with E-state index in [1.54, 1.807) is 0 Å². The largest absolute Gasteiger partial charge is 0.0616 e. The zero-order chi connectivity index (χ0) is 79.4. The van der Waals surface area contributed by atoms with Crippen molar-refractivity contribution in [1.29, 1.82) is 0 Å². The maximum Gasteiger partial charge on any atom is -0.00201 e. The molecule has 0 aliphatic rings. The van der Waals surface area contributed by atoms with Gasteiger partial charge < -0.3 is 0 Å². The Bertz CT molecular complexity index is 7970. The Balaban J connectivity index is 0.000000108. The van der Waals surface area contributed by atoms with Gasteiger partial charge >= 0.3 is 0 Å². The summed E-state index contributed by atoms with van der Waals surface area (Å²) in [4.78, 5) is 0. The highest BCUT2D eigenvalue weighted by atomic mass is 14.3. The highest BCUT2D eigenvalue weighted by Gasteiger charge is 2.24. The molecule has 0 N–H and O–H groups in total. The van der Waals surface area contributed by atoms with Crippen molar-refractivity contribution in [3.8, 4) is 100 Å². The summed E-state index contributed by atoms with van der Waals surface area (Å²) >= 11 is 0. The highest BCUT2D eigenvalue weighted by molar-refractivity contribution is 6.27. The van der Waals surface area contributed by atoms with Crippen molar-refractivity contribution < 1.29 is 0 Å². The van der Waals surface area contributed by atoms with Crippen LogP contribution < -0.4 is 0 Å². The van der Waals surface area contributed by atoms with Gasteiger partial charge in [-0.05, 0) is 254 Å². The van der Waals surface area contributed by atoms with Gasteiger partial charge in [-0.2, -0.15) is 0 Å². The van der Waals surface area contributed by atoms with Crippen LogP contribution in [0.3, 0.4) is 0 Å². The van der Waals surface area contributed by atoms with Gasteiger partial charge in [0, 0.05) is 0 Å². The first kappa shape index (κ1) is 71.0. The molecule has 0 saturated carbocycles. The van der Waals surface area contributed by atoms with Crippen molar-refractivity contribution in [3.63, 3.8) is 0 Å². The smallest absolute Gasteiger partial charge is 0.00201 e. The molecular formula is C120H78. The number of rotatable bonds is 9. The lowest BCUT2D eigenvalue weighted by Crippen LogP contribution is -1.93. The Labute approximate surface area is 697 Å². The van der Waals surface area contributed by atoms with Gasteiger partial charge in [0.25, 0.3) is 0 Å². The van der Waals surface area contributed by atoms with Gasteiger partial charge in [0.05, 0.1) is 0 Å². The summed E-state index contributed by atoms with van der Waals surface area (Å²) in [6.07, 6.45) is 0. The van der Waals surface area contributed by atoms with E-state index >= 15 is 0 Å². The first-order chi connectivity index (χ1) is 59.6. The topological polar surface area (TPSA) is 0 Å². The van der Waals surface area contributed by atoms with Crippen LogP contribution in [0.15, 0.2) is 473 Å². The molecule has 0 aliphatic carbocycles. The predicted molar refractivity (Wildman–Crippen MR) is 518 cm³/mol. The summed E-state index contributed by atoms with van der Waals surface area (Å²) in [5.41, 5.74) is 22.8. The third kappa shape index (κ3) is 12.7. The summed E-state index contributed by atoms with van der Waals surface area (Å²) in [7, 11) is 0. The monoisotopic (exact) mass is 1520 g/mol. The van der Waals surface area contributed by atoms with Crippen molar-refractivity contribution in [2.45, 2.75) is 0 Å². The van der Waals surface area contributed by atoms with Crippen molar-refractivity contribution in [1.82, 2.24) is 0 Å². The molecule has 0 heteroatoms. The molecule has 558 valence electrons. The molecule has 0 unspecified atom stereocenters. The quantitative estimate of drug-likeness (QED) is 0.126. The molecule has 0 bridgehead atoms. The van der Waals surface area contributed by atoms with Gasteiger partial charge in [0.1, 0.15) is 0 Å². The minimum absolute atomic E-state index is 1.23. The average molecular weight is 1520 g/mol. The van der Waals surface area contributed by atoms with Crippen LogP contribution in [-0.2, 0) is 0 Å². The van der Waals surface area contributed by atoms with Crippen LogP contribution in [0.4, 0.5) is 0 Å². The molecule has 0 fully saturated rings. The fourth-order valence-corrected chi connectivity index (χ4v) is 19.2. The van der Waals surface area contributed by atoms with Gasteiger partial charge in [-0.15, -0.1) is 0 Å². The van der Waals surface area contributed by atoms with Crippen molar-refractivity contribution in [2.75, 3.05) is 0 Å². The van der Waals surface area contributed by atoms with Gasteiger partial charge in [-0.1, -0.05) is 449 Å². The second kappa shape index (κ2) is 30.5. The molecule has 0 heterocycles. The molecule has 24 aromatic carbocycles. The normalized spacial score (nSPS) is 11.5. The molecule has 120 heavy (non-hydrogen) atoms. The Morgan fingerprint density at radius 2 is 0.292 bits per heavy atom. The van der Waals surface area contributed by atoms with Crippen LogP contribution in [0.5, 0.6) is 0 Å². The van der Waals surface area contributed by atoms with Gasteiger partial charge in [-0.3, -0.25) is 0 Å². The van der Waals surface area contributed by atoms with Crippen molar-refractivity contribution >= 4 is 129 Å². The summed E-state index contributed by atoms with van der Waals surface area (Å²) in [6.45, 7) is 0. The summed E-state index contributed by atoms with van der Waals surface area (Å²) in [5, 5.41) is 30.6. The number of fused-ring (bicyclic) bond motifs is 12. The summed E-state index contributed by atoms with van der Waals surface area (Å²) in [6, 6.07) is 173. The van der Waals surface area contributed by atoms with Gasteiger partial charge in [-0.25, -0.2) is 0 Å². The van der Waals surface area contributed by atoms with Gasteiger partial charge in [0.15, 0.2) is 0 Å². The van der Waals surface area contributed by atoms with E-state index in [-0.39, 0.29) is 0 Å². The van der Waals surface area contributed by atoms with E-state index in [9.17, 15) is 0 Å². The average Bonchev–Trinajstić information content (AvgIpc) is 0.745. The molecule has 0 spiro atoms. The zero-order valence-electron chi connectivity index (χ0n) is 66.0. The Kier molecular flexibility index (Phi) is 18.1. The van der Waals surface area contributed by atoms with Crippen LogP contribution in [0.2, 0.25) is 0 Å². The molecule has 0 aromatic heterocycles. The number of hydrogen-bond acceptors (Lipinski definition) is 0. The first-order valence-corrected chi connectivity index (χ1v) is 41.6. The van der Waals surface area contributed by atoms with E-state index in [1.807, 2.05) is 0 Å². The van der Waals surface area contributed by atoms with Crippen LogP contribution >= 0.6 is 0 Å².